The lowest BCUT2D eigenvalue weighted by molar-refractivity contribution is 0.122. The highest BCUT2D eigenvalue weighted by molar-refractivity contribution is 5.20. The minimum Gasteiger partial charge on any atom is -0.387 e. The Morgan fingerprint density at radius 3 is 2.59 bits per heavy atom. The lowest BCUT2D eigenvalue weighted by Crippen LogP contribution is -2.30. The molecular formula is C17H24F2N2O. The number of β-amino-alcohol motifs (C(OH)–C–C–N with tert-alkyl or cyclic N) is 1. The molecule has 3 rings (SSSR count). The fourth-order valence-corrected chi connectivity index (χ4v) is 3.63. The van der Waals surface area contributed by atoms with Crippen LogP contribution >= 0.6 is 0 Å². The highest BCUT2D eigenvalue weighted by Crippen LogP contribution is 2.23. The lowest BCUT2D eigenvalue weighted by atomic mass is 10.1. The summed E-state index contributed by atoms with van der Waals surface area (Å²) in [7, 11) is 0. The number of aliphatic hydroxyl groups excluding tert-OH is 1. The Morgan fingerprint density at radius 2 is 1.86 bits per heavy atom. The van der Waals surface area contributed by atoms with Gasteiger partial charge in [-0.1, -0.05) is 6.07 Å². The molecule has 0 amide bonds. The molecule has 2 unspecified atom stereocenters. The summed E-state index contributed by atoms with van der Waals surface area (Å²) in [5, 5.41) is 10.2. The van der Waals surface area contributed by atoms with Gasteiger partial charge in [0.05, 0.1) is 6.10 Å². The number of hydrogen-bond acceptors (Lipinski definition) is 3. The first-order valence-corrected chi connectivity index (χ1v) is 8.19. The Balaban J connectivity index is 1.49. The van der Waals surface area contributed by atoms with Crippen molar-refractivity contribution in [3.05, 3.63) is 35.4 Å². The first kappa shape index (κ1) is 15.8. The standard InChI is InChI=1S/C17H24F2N2O/c18-15-4-3-14(9-16(15)19)17(22)12-21-8-5-13(11-21)10-20-6-1-2-7-20/h3-4,9,13,17,22H,1-2,5-8,10-12H2. The second-order valence-electron chi connectivity index (χ2n) is 6.61. The van der Waals surface area contributed by atoms with Crippen LogP contribution in [0.15, 0.2) is 18.2 Å². The van der Waals surface area contributed by atoms with E-state index in [9.17, 15) is 13.9 Å². The third-order valence-corrected chi connectivity index (χ3v) is 4.84. The lowest BCUT2D eigenvalue weighted by Gasteiger charge is -2.22. The molecule has 0 aromatic heterocycles. The quantitative estimate of drug-likeness (QED) is 0.905. The second kappa shape index (κ2) is 7.02. The number of hydrogen-bond donors (Lipinski definition) is 1. The van der Waals surface area contributed by atoms with Crippen LogP contribution in [0.2, 0.25) is 0 Å². The summed E-state index contributed by atoms with van der Waals surface area (Å²) in [6.07, 6.45) is 3.01. The van der Waals surface area contributed by atoms with Crippen molar-refractivity contribution in [1.29, 1.82) is 0 Å². The van der Waals surface area contributed by atoms with E-state index in [1.165, 1.54) is 32.0 Å². The van der Waals surface area contributed by atoms with Gasteiger partial charge in [-0.05, 0) is 62.5 Å². The van der Waals surface area contributed by atoms with Crippen LogP contribution in [0.1, 0.15) is 30.9 Å². The van der Waals surface area contributed by atoms with Gasteiger partial charge in [-0.3, -0.25) is 0 Å². The van der Waals surface area contributed by atoms with Crippen LogP contribution in [0, 0.1) is 17.6 Å². The van der Waals surface area contributed by atoms with Crippen molar-refractivity contribution in [3.8, 4) is 0 Å². The molecule has 0 radical (unpaired) electrons. The number of aliphatic hydroxyl groups is 1. The minimum absolute atomic E-state index is 0.446. The molecule has 0 aliphatic carbocycles. The van der Waals surface area contributed by atoms with Crippen molar-refractivity contribution >= 4 is 0 Å². The number of rotatable bonds is 5. The minimum atomic E-state index is -0.898. The average Bonchev–Trinajstić information content (AvgIpc) is 3.14. The third-order valence-electron chi connectivity index (χ3n) is 4.84. The number of benzene rings is 1. The van der Waals surface area contributed by atoms with Crippen LogP contribution < -0.4 is 0 Å². The first-order chi connectivity index (χ1) is 10.6. The largest absolute Gasteiger partial charge is 0.387 e. The Hall–Kier alpha value is -1.04. The second-order valence-corrected chi connectivity index (χ2v) is 6.61. The average molecular weight is 310 g/mol. The molecule has 2 fully saturated rings. The number of halogens is 2. The van der Waals surface area contributed by atoms with Crippen LogP contribution in [0.4, 0.5) is 8.78 Å². The highest BCUT2D eigenvalue weighted by Gasteiger charge is 2.27. The van der Waals surface area contributed by atoms with Gasteiger partial charge in [0, 0.05) is 19.6 Å². The first-order valence-electron chi connectivity index (χ1n) is 8.19. The molecule has 5 heteroatoms. The van der Waals surface area contributed by atoms with E-state index in [1.54, 1.807) is 0 Å². The molecule has 3 nitrogen and oxygen atoms in total. The molecule has 1 N–H and O–H groups in total. The summed E-state index contributed by atoms with van der Waals surface area (Å²) >= 11 is 0. The summed E-state index contributed by atoms with van der Waals surface area (Å²) < 4.78 is 26.2. The van der Waals surface area contributed by atoms with Crippen LogP contribution in [-0.4, -0.2) is 54.2 Å². The van der Waals surface area contributed by atoms with Crippen molar-refractivity contribution in [2.24, 2.45) is 5.92 Å². The van der Waals surface area contributed by atoms with Crippen LogP contribution in [0.25, 0.3) is 0 Å². The predicted molar refractivity (Wildman–Crippen MR) is 81.5 cm³/mol. The third kappa shape index (κ3) is 3.83. The van der Waals surface area contributed by atoms with E-state index in [-0.39, 0.29) is 0 Å². The molecule has 122 valence electrons. The molecule has 2 aliphatic heterocycles. The fraction of sp³-hybridized carbons (Fsp3) is 0.647. The fourth-order valence-electron chi connectivity index (χ4n) is 3.63. The van der Waals surface area contributed by atoms with Crippen molar-refractivity contribution in [2.45, 2.75) is 25.4 Å². The van der Waals surface area contributed by atoms with Gasteiger partial charge in [-0.25, -0.2) is 8.78 Å². The summed E-state index contributed by atoms with van der Waals surface area (Å²) in [4.78, 5) is 4.76. The number of nitrogens with zero attached hydrogens (tertiary/aromatic N) is 2. The van der Waals surface area contributed by atoms with Crippen molar-refractivity contribution in [3.63, 3.8) is 0 Å². The van der Waals surface area contributed by atoms with E-state index in [2.05, 4.69) is 9.80 Å². The van der Waals surface area contributed by atoms with Gasteiger partial charge in [0.1, 0.15) is 0 Å². The van der Waals surface area contributed by atoms with Gasteiger partial charge in [0.25, 0.3) is 0 Å². The van der Waals surface area contributed by atoms with Gasteiger partial charge < -0.3 is 14.9 Å². The van der Waals surface area contributed by atoms with Crippen molar-refractivity contribution in [1.82, 2.24) is 9.80 Å². The van der Waals surface area contributed by atoms with E-state index in [0.717, 1.165) is 38.2 Å². The van der Waals surface area contributed by atoms with E-state index in [0.29, 0.717) is 18.0 Å². The Morgan fingerprint density at radius 1 is 1.09 bits per heavy atom. The predicted octanol–water partition coefficient (Wildman–Crippen LogP) is 2.42. The molecule has 1 aromatic rings. The highest BCUT2D eigenvalue weighted by atomic mass is 19.2. The van der Waals surface area contributed by atoms with Gasteiger partial charge in [-0.2, -0.15) is 0 Å². The molecule has 0 bridgehead atoms. The van der Waals surface area contributed by atoms with E-state index >= 15 is 0 Å². The van der Waals surface area contributed by atoms with E-state index < -0.39 is 17.7 Å². The molecule has 0 spiro atoms. The monoisotopic (exact) mass is 310 g/mol. The molecule has 1 aromatic carbocycles. The summed E-state index contributed by atoms with van der Waals surface area (Å²) in [5.41, 5.74) is 0.446. The molecule has 2 aliphatic rings. The Bertz CT molecular complexity index is 505. The molecule has 2 atom stereocenters. The summed E-state index contributed by atoms with van der Waals surface area (Å²) in [6, 6.07) is 3.63. The summed E-state index contributed by atoms with van der Waals surface area (Å²) in [6.45, 7) is 6.03. The number of likely N-dealkylation sites (tertiary alicyclic amines) is 2. The maximum atomic E-state index is 13.2. The zero-order valence-electron chi connectivity index (χ0n) is 12.8. The van der Waals surface area contributed by atoms with E-state index in [1.807, 2.05) is 0 Å². The SMILES string of the molecule is OC(CN1CCC(CN2CCCC2)C1)c1ccc(F)c(F)c1. The van der Waals surface area contributed by atoms with Crippen molar-refractivity contribution in [2.75, 3.05) is 39.3 Å². The zero-order chi connectivity index (χ0) is 15.5. The Kier molecular flexibility index (Phi) is 5.06. The smallest absolute Gasteiger partial charge is 0.159 e. The van der Waals surface area contributed by atoms with Gasteiger partial charge in [0.2, 0.25) is 0 Å². The molecular weight excluding hydrogens is 286 g/mol. The van der Waals surface area contributed by atoms with Gasteiger partial charge in [0.15, 0.2) is 11.6 Å². The molecule has 22 heavy (non-hydrogen) atoms. The summed E-state index contributed by atoms with van der Waals surface area (Å²) in [5.74, 6) is -1.11. The van der Waals surface area contributed by atoms with Crippen LogP contribution in [0.3, 0.4) is 0 Å². The Labute approximate surface area is 130 Å². The molecule has 2 saturated heterocycles. The van der Waals surface area contributed by atoms with Crippen LogP contribution in [0.5, 0.6) is 0 Å². The molecule has 0 saturated carbocycles. The van der Waals surface area contributed by atoms with Gasteiger partial charge >= 0.3 is 0 Å². The maximum Gasteiger partial charge on any atom is 0.159 e. The normalized spacial score (nSPS) is 25.0. The van der Waals surface area contributed by atoms with Crippen molar-refractivity contribution < 1.29 is 13.9 Å². The zero-order valence-corrected chi connectivity index (χ0v) is 12.8. The molecule has 2 heterocycles. The van der Waals surface area contributed by atoms with Gasteiger partial charge in [-0.15, -0.1) is 0 Å². The topological polar surface area (TPSA) is 26.7 Å². The van der Waals surface area contributed by atoms with E-state index in [4.69, 9.17) is 0 Å². The van der Waals surface area contributed by atoms with Crippen LogP contribution in [-0.2, 0) is 0 Å². The maximum absolute atomic E-state index is 13.2.